The largest absolute Gasteiger partial charge is 0.273 e. The zero-order valence-electron chi connectivity index (χ0n) is 5.90. The molecule has 0 saturated heterocycles. The van der Waals surface area contributed by atoms with Gasteiger partial charge in [-0.05, 0) is 6.42 Å². The second-order valence-electron chi connectivity index (χ2n) is 2.71. The Morgan fingerprint density at radius 2 is 2.22 bits per heavy atom. The van der Waals surface area contributed by atoms with Crippen molar-refractivity contribution in [1.29, 1.82) is 0 Å². The van der Waals surface area contributed by atoms with Crippen molar-refractivity contribution < 1.29 is 4.79 Å². The zero-order valence-corrected chi connectivity index (χ0v) is 5.90. The summed E-state index contributed by atoms with van der Waals surface area (Å²) in [5.74, 6) is -0.526. The maximum Gasteiger partial charge on any atom is 0.244 e. The molecule has 1 radical (unpaired) electrons. The summed E-state index contributed by atoms with van der Waals surface area (Å²) in [6.07, 6.45) is 2.24. The van der Waals surface area contributed by atoms with Crippen molar-refractivity contribution in [2.75, 3.05) is 0 Å². The Balaban J connectivity index is 4.00. The van der Waals surface area contributed by atoms with Crippen LogP contribution in [0.2, 0.25) is 0 Å². The molecular formula is C7H12NO. The molecule has 0 aliphatic carbocycles. The number of hydrogen-bond acceptors (Lipinski definition) is 1. The highest BCUT2D eigenvalue weighted by Crippen LogP contribution is 2.19. The molecule has 0 saturated carbocycles. The van der Waals surface area contributed by atoms with E-state index in [0.717, 1.165) is 0 Å². The van der Waals surface area contributed by atoms with Gasteiger partial charge in [0, 0.05) is 5.41 Å². The molecule has 0 bridgehead atoms. The molecule has 1 N–H and O–H groups in total. The fourth-order valence-electron chi connectivity index (χ4n) is 0.454. The van der Waals surface area contributed by atoms with Gasteiger partial charge in [0.2, 0.25) is 5.91 Å². The first-order valence-corrected chi connectivity index (χ1v) is 2.87. The molecule has 0 fully saturated rings. The van der Waals surface area contributed by atoms with Gasteiger partial charge in [-0.25, -0.2) is 0 Å². The molecule has 0 aliphatic heterocycles. The number of amides is 1. The highest BCUT2D eigenvalue weighted by molar-refractivity contribution is 5.79. The van der Waals surface area contributed by atoms with E-state index in [4.69, 9.17) is 5.73 Å². The van der Waals surface area contributed by atoms with Crippen molar-refractivity contribution in [3.05, 3.63) is 12.7 Å². The van der Waals surface area contributed by atoms with Crippen LogP contribution >= 0.6 is 0 Å². The normalized spacial score (nSPS) is 10.9. The van der Waals surface area contributed by atoms with Crippen molar-refractivity contribution in [2.24, 2.45) is 5.41 Å². The first-order chi connectivity index (χ1) is 4.00. The minimum atomic E-state index is -0.540. The van der Waals surface area contributed by atoms with E-state index < -0.39 is 11.3 Å². The molecule has 0 aliphatic rings. The van der Waals surface area contributed by atoms with Crippen LogP contribution in [0.1, 0.15) is 20.3 Å². The summed E-state index contributed by atoms with van der Waals surface area (Å²) < 4.78 is 0. The van der Waals surface area contributed by atoms with Gasteiger partial charge in [0.05, 0.1) is 0 Å². The molecule has 2 nitrogen and oxygen atoms in total. The Labute approximate surface area is 55.7 Å². The second kappa shape index (κ2) is 2.67. The number of allylic oxidation sites excluding steroid dienone is 1. The molecule has 51 valence electrons. The van der Waals surface area contributed by atoms with Crippen LogP contribution in [-0.4, -0.2) is 5.91 Å². The van der Waals surface area contributed by atoms with Gasteiger partial charge in [-0.1, -0.05) is 19.9 Å². The van der Waals surface area contributed by atoms with Crippen molar-refractivity contribution in [3.63, 3.8) is 0 Å². The van der Waals surface area contributed by atoms with Crippen LogP contribution in [0.5, 0.6) is 0 Å². The predicted molar refractivity (Wildman–Crippen MR) is 36.7 cm³/mol. The first kappa shape index (κ1) is 8.21. The molecule has 0 aromatic heterocycles. The summed E-state index contributed by atoms with van der Waals surface area (Å²) in [5, 5.41) is 0. The summed E-state index contributed by atoms with van der Waals surface area (Å²) in [6, 6.07) is 0. The molecule has 0 heterocycles. The monoisotopic (exact) mass is 126 g/mol. The number of hydrogen-bond donors (Lipinski definition) is 0. The molecule has 0 aromatic rings. The molecule has 1 amide bonds. The molecule has 0 aromatic carbocycles. The van der Waals surface area contributed by atoms with Crippen LogP contribution in [0.3, 0.4) is 0 Å². The average molecular weight is 126 g/mol. The summed E-state index contributed by atoms with van der Waals surface area (Å²) in [7, 11) is 0. The predicted octanol–water partition coefficient (Wildman–Crippen LogP) is 1.40. The fraction of sp³-hybridized carbons (Fsp3) is 0.571. The quantitative estimate of drug-likeness (QED) is 0.527. The van der Waals surface area contributed by atoms with Crippen LogP contribution in [0.25, 0.3) is 0 Å². The number of rotatable bonds is 3. The van der Waals surface area contributed by atoms with E-state index >= 15 is 0 Å². The van der Waals surface area contributed by atoms with Gasteiger partial charge in [-0.15, -0.1) is 6.58 Å². The highest BCUT2D eigenvalue weighted by Gasteiger charge is 2.23. The molecule has 0 unspecified atom stereocenters. The van der Waals surface area contributed by atoms with Crippen molar-refractivity contribution in [2.45, 2.75) is 20.3 Å². The van der Waals surface area contributed by atoms with E-state index in [9.17, 15) is 4.79 Å². The van der Waals surface area contributed by atoms with Gasteiger partial charge in [-0.3, -0.25) is 10.5 Å². The van der Waals surface area contributed by atoms with Gasteiger partial charge >= 0.3 is 0 Å². The van der Waals surface area contributed by atoms with E-state index in [2.05, 4.69) is 6.58 Å². The fourth-order valence-corrected chi connectivity index (χ4v) is 0.454. The van der Waals surface area contributed by atoms with Crippen molar-refractivity contribution in [3.8, 4) is 0 Å². The average Bonchev–Trinajstić information content (AvgIpc) is 1.65. The lowest BCUT2D eigenvalue weighted by atomic mass is 9.89. The Hall–Kier alpha value is -0.790. The Bertz CT molecular complexity index is 127. The van der Waals surface area contributed by atoms with E-state index in [1.165, 1.54) is 0 Å². The van der Waals surface area contributed by atoms with E-state index in [1.54, 1.807) is 19.9 Å². The summed E-state index contributed by atoms with van der Waals surface area (Å²) in [5.41, 5.74) is 6.26. The zero-order chi connectivity index (χ0) is 7.49. The first-order valence-electron chi connectivity index (χ1n) is 2.87. The van der Waals surface area contributed by atoms with Crippen molar-refractivity contribution in [1.82, 2.24) is 5.73 Å². The van der Waals surface area contributed by atoms with Gasteiger partial charge in [-0.2, -0.15) is 0 Å². The smallest absolute Gasteiger partial charge is 0.244 e. The Morgan fingerprint density at radius 3 is 2.33 bits per heavy atom. The third-order valence-electron chi connectivity index (χ3n) is 1.27. The molecular weight excluding hydrogens is 114 g/mol. The number of carbonyl (C=O) groups is 1. The summed E-state index contributed by atoms with van der Waals surface area (Å²) >= 11 is 0. The number of carbonyl (C=O) groups excluding carboxylic acids is 1. The number of nitrogens with one attached hydrogen (secondary N) is 1. The third kappa shape index (κ3) is 2.31. The third-order valence-corrected chi connectivity index (χ3v) is 1.27. The van der Waals surface area contributed by atoms with E-state index in [1.807, 2.05) is 0 Å². The molecule has 2 heteroatoms. The van der Waals surface area contributed by atoms with Gasteiger partial charge in [0.25, 0.3) is 0 Å². The minimum absolute atomic E-state index is 0.526. The summed E-state index contributed by atoms with van der Waals surface area (Å²) in [6.45, 7) is 6.97. The highest BCUT2D eigenvalue weighted by atomic mass is 16.1. The lowest BCUT2D eigenvalue weighted by molar-refractivity contribution is -0.126. The lowest BCUT2D eigenvalue weighted by Crippen LogP contribution is -2.23. The van der Waals surface area contributed by atoms with Gasteiger partial charge in [0.15, 0.2) is 0 Å². The van der Waals surface area contributed by atoms with Crippen molar-refractivity contribution >= 4 is 5.91 Å². The Kier molecular flexibility index (Phi) is 2.43. The SMILES string of the molecule is C=CCC(C)(C)C([NH])=O. The summed E-state index contributed by atoms with van der Waals surface area (Å²) in [4.78, 5) is 10.5. The topological polar surface area (TPSA) is 40.9 Å². The van der Waals surface area contributed by atoms with E-state index in [0.29, 0.717) is 6.42 Å². The maximum atomic E-state index is 10.5. The lowest BCUT2D eigenvalue weighted by Gasteiger charge is -2.15. The van der Waals surface area contributed by atoms with Crippen LogP contribution < -0.4 is 5.73 Å². The van der Waals surface area contributed by atoms with Gasteiger partial charge < -0.3 is 0 Å². The standard InChI is InChI=1S/C7H12NO/c1-4-5-7(2,3)6(8)9/h4,8H,1,5H2,2-3H3. The minimum Gasteiger partial charge on any atom is -0.273 e. The maximum absolute atomic E-state index is 10.5. The van der Waals surface area contributed by atoms with Crippen LogP contribution in [0.15, 0.2) is 12.7 Å². The second-order valence-corrected chi connectivity index (χ2v) is 2.71. The van der Waals surface area contributed by atoms with Crippen LogP contribution in [0, 0.1) is 5.41 Å². The van der Waals surface area contributed by atoms with Gasteiger partial charge in [0.1, 0.15) is 0 Å². The molecule has 9 heavy (non-hydrogen) atoms. The van der Waals surface area contributed by atoms with Crippen LogP contribution in [0.4, 0.5) is 0 Å². The Morgan fingerprint density at radius 1 is 1.78 bits per heavy atom. The molecule has 0 rings (SSSR count). The molecule has 0 spiro atoms. The van der Waals surface area contributed by atoms with E-state index in [-0.39, 0.29) is 0 Å². The van der Waals surface area contributed by atoms with Crippen LogP contribution in [-0.2, 0) is 4.79 Å². The molecule has 0 atom stereocenters.